The molecule has 18 heavy (non-hydrogen) atoms. The second-order valence-corrected chi connectivity index (χ2v) is 3.49. The van der Waals surface area contributed by atoms with Gasteiger partial charge in [-0.15, -0.1) is 0 Å². The van der Waals surface area contributed by atoms with Crippen molar-refractivity contribution in [2.45, 2.75) is 37.9 Å². The lowest BCUT2D eigenvalue weighted by atomic mass is 10.1. The number of alkyl halides is 7. The molecular formula is C8H9F7N2O. The van der Waals surface area contributed by atoms with Crippen molar-refractivity contribution in [3.8, 4) is 0 Å². The molecule has 0 aliphatic heterocycles. The van der Waals surface area contributed by atoms with E-state index < -0.39 is 30.0 Å². The van der Waals surface area contributed by atoms with Crippen molar-refractivity contribution in [3.05, 3.63) is 0 Å². The van der Waals surface area contributed by atoms with Gasteiger partial charge >= 0.3 is 23.9 Å². The van der Waals surface area contributed by atoms with Gasteiger partial charge in [0.25, 0.3) is 0 Å². The van der Waals surface area contributed by atoms with E-state index in [0.29, 0.717) is 6.34 Å². The van der Waals surface area contributed by atoms with Gasteiger partial charge in [0.2, 0.25) is 0 Å². The van der Waals surface area contributed by atoms with Crippen LogP contribution in [0.15, 0.2) is 4.99 Å². The summed E-state index contributed by atoms with van der Waals surface area (Å²) in [6.45, 7) is 2.93. The number of amides is 1. The monoisotopic (exact) mass is 282 g/mol. The average molecular weight is 282 g/mol. The van der Waals surface area contributed by atoms with E-state index in [1.54, 1.807) is 0 Å². The lowest BCUT2D eigenvalue weighted by Gasteiger charge is -2.26. The fourth-order valence-corrected chi connectivity index (χ4v) is 0.656. The first-order chi connectivity index (χ1) is 7.84. The second kappa shape index (κ2) is 5.11. The largest absolute Gasteiger partial charge is 0.460 e. The summed E-state index contributed by atoms with van der Waals surface area (Å²) in [5, 5.41) is 1.07. The Kier molecular flexibility index (Phi) is 4.72. The van der Waals surface area contributed by atoms with Crippen LogP contribution < -0.4 is 5.32 Å². The van der Waals surface area contributed by atoms with Gasteiger partial charge in [0.05, 0.1) is 6.34 Å². The lowest BCUT2D eigenvalue weighted by molar-refractivity contribution is -0.343. The number of nitrogens with one attached hydrogen (secondary N) is 1. The molecule has 0 atom stereocenters. The molecule has 0 aromatic rings. The topological polar surface area (TPSA) is 41.5 Å². The van der Waals surface area contributed by atoms with Crippen LogP contribution in [-0.4, -0.2) is 36.3 Å². The summed E-state index contributed by atoms with van der Waals surface area (Å²) in [5.74, 6) is -15.2. The molecule has 0 aliphatic carbocycles. The van der Waals surface area contributed by atoms with E-state index in [2.05, 4.69) is 4.99 Å². The van der Waals surface area contributed by atoms with Crippen LogP contribution in [0.2, 0.25) is 0 Å². The summed E-state index contributed by atoms with van der Waals surface area (Å²) in [6.07, 6.45) is -6.20. The van der Waals surface area contributed by atoms with Gasteiger partial charge in [-0.05, 0) is 13.8 Å². The van der Waals surface area contributed by atoms with Crippen LogP contribution in [-0.2, 0) is 4.79 Å². The van der Waals surface area contributed by atoms with E-state index in [9.17, 15) is 35.5 Å². The first-order valence-corrected chi connectivity index (χ1v) is 4.49. The van der Waals surface area contributed by atoms with Crippen molar-refractivity contribution in [2.75, 3.05) is 0 Å². The van der Waals surface area contributed by atoms with Crippen LogP contribution in [0.25, 0.3) is 0 Å². The van der Waals surface area contributed by atoms with Gasteiger partial charge in [0.15, 0.2) is 0 Å². The molecule has 1 amide bonds. The number of hydrogen-bond acceptors (Lipinski definition) is 2. The third-order valence-electron chi connectivity index (χ3n) is 1.60. The van der Waals surface area contributed by atoms with Gasteiger partial charge in [-0.3, -0.25) is 9.79 Å². The highest BCUT2D eigenvalue weighted by molar-refractivity contribution is 5.93. The summed E-state index contributed by atoms with van der Waals surface area (Å²) in [6, 6.07) is -0.456. The molecule has 3 nitrogen and oxygen atoms in total. The van der Waals surface area contributed by atoms with Crippen molar-refractivity contribution in [3.63, 3.8) is 0 Å². The first-order valence-electron chi connectivity index (χ1n) is 4.49. The molecule has 0 rings (SSSR count). The Balaban J connectivity index is 4.99. The normalized spacial score (nSPS) is 14.3. The summed E-state index contributed by atoms with van der Waals surface area (Å²) in [7, 11) is 0. The lowest BCUT2D eigenvalue weighted by Crippen LogP contribution is -2.59. The zero-order valence-corrected chi connectivity index (χ0v) is 9.16. The average Bonchev–Trinajstić information content (AvgIpc) is 2.14. The van der Waals surface area contributed by atoms with Gasteiger partial charge in [-0.25, -0.2) is 0 Å². The molecule has 0 bridgehead atoms. The highest BCUT2D eigenvalue weighted by atomic mass is 19.4. The van der Waals surface area contributed by atoms with Crippen LogP contribution in [0.5, 0.6) is 0 Å². The quantitative estimate of drug-likeness (QED) is 0.480. The smallest absolute Gasteiger partial charge is 0.312 e. The Hall–Kier alpha value is -1.35. The number of carbonyl (C=O) groups excluding carboxylic acids is 1. The predicted octanol–water partition coefficient (Wildman–Crippen LogP) is 2.37. The maximum absolute atomic E-state index is 12.7. The van der Waals surface area contributed by atoms with Crippen molar-refractivity contribution >= 4 is 12.2 Å². The standard InChI is InChI=1S/C8H9F7N2O/c1-4(2)16-3-17-5(18)6(9,10)7(11,12)8(13,14)15/h3-4H,1-2H3,(H,16,17,18). The van der Waals surface area contributed by atoms with Crippen molar-refractivity contribution in [1.82, 2.24) is 5.32 Å². The molecule has 0 saturated heterocycles. The van der Waals surface area contributed by atoms with Gasteiger partial charge in [-0.1, -0.05) is 0 Å². The Bertz CT molecular complexity index is 335. The molecule has 0 aromatic carbocycles. The molecule has 0 aromatic heterocycles. The van der Waals surface area contributed by atoms with Crippen LogP contribution in [0.4, 0.5) is 30.7 Å². The zero-order chi connectivity index (χ0) is 14.8. The molecule has 106 valence electrons. The van der Waals surface area contributed by atoms with E-state index in [-0.39, 0.29) is 0 Å². The molecule has 0 spiro atoms. The number of hydrogen-bond donors (Lipinski definition) is 1. The van der Waals surface area contributed by atoms with Gasteiger partial charge in [0.1, 0.15) is 0 Å². The molecule has 10 heteroatoms. The SMILES string of the molecule is CC(C)N=CNC(=O)C(F)(F)C(F)(F)C(F)(F)F. The molecule has 0 saturated carbocycles. The summed E-state index contributed by atoms with van der Waals surface area (Å²) >= 11 is 0. The highest BCUT2D eigenvalue weighted by Gasteiger charge is 2.76. The van der Waals surface area contributed by atoms with E-state index >= 15 is 0 Å². The number of rotatable bonds is 4. The third-order valence-corrected chi connectivity index (χ3v) is 1.60. The van der Waals surface area contributed by atoms with Crippen LogP contribution in [0.3, 0.4) is 0 Å². The zero-order valence-electron chi connectivity index (χ0n) is 9.16. The van der Waals surface area contributed by atoms with E-state index in [1.807, 2.05) is 0 Å². The van der Waals surface area contributed by atoms with Crippen LogP contribution in [0.1, 0.15) is 13.8 Å². The molecule has 0 unspecified atom stereocenters. The minimum atomic E-state index is -6.54. The Morgan fingerprint density at radius 1 is 1.11 bits per heavy atom. The molecule has 1 N–H and O–H groups in total. The van der Waals surface area contributed by atoms with E-state index in [0.717, 1.165) is 5.32 Å². The molecule has 0 aliphatic rings. The van der Waals surface area contributed by atoms with E-state index in [4.69, 9.17) is 0 Å². The van der Waals surface area contributed by atoms with Crippen molar-refractivity contribution < 1.29 is 35.5 Å². The van der Waals surface area contributed by atoms with Crippen molar-refractivity contribution in [2.24, 2.45) is 4.99 Å². The van der Waals surface area contributed by atoms with Gasteiger partial charge in [0, 0.05) is 6.04 Å². The van der Waals surface area contributed by atoms with Gasteiger partial charge < -0.3 is 5.32 Å². The minimum absolute atomic E-state index is 0.341. The first kappa shape index (κ1) is 16.6. The Morgan fingerprint density at radius 2 is 1.56 bits per heavy atom. The third kappa shape index (κ3) is 3.33. The minimum Gasteiger partial charge on any atom is -0.312 e. The summed E-state index contributed by atoms with van der Waals surface area (Å²) in [5.41, 5.74) is 0. The molecule has 0 fully saturated rings. The second-order valence-electron chi connectivity index (χ2n) is 3.49. The van der Waals surface area contributed by atoms with Crippen LogP contribution >= 0.6 is 0 Å². The maximum Gasteiger partial charge on any atom is 0.460 e. The van der Waals surface area contributed by atoms with Gasteiger partial charge in [-0.2, -0.15) is 30.7 Å². The molecular weight excluding hydrogens is 273 g/mol. The predicted molar refractivity (Wildman–Crippen MR) is 47.7 cm³/mol. The maximum atomic E-state index is 12.7. The van der Waals surface area contributed by atoms with Crippen LogP contribution in [0, 0.1) is 0 Å². The Morgan fingerprint density at radius 3 is 1.89 bits per heavy atom. The fraction of sp³-hybridized carbons (Fsp3) is 0.750. The van der Waals surface area contributed by atoms with E-state index in [1.165, 1.54) is 13.8 Å². The highest BCUT2D eigenvalue weighted by Crippen LogP contribution is 2.46. The number of halogens is 7. The number of carbonyl (C=O) groups is 1. The summed E-state index contributed by atoms with van der Waals surface area (Å²) < 4.78 is 85.2. The molecule has 0 heterocycles. The number of aliphatic imine (C=N–C) groups is 1. The summed E-state index contributed by atoms with van der Waals surface area (Å²) in [4.78, 5) is 13.9. The molecule has 0 radical (unpaired) electrons. The van der Waals surface area contributed by atoms with Crippen molar-refractivity contribution in [1.29, 1.82) is 0 Å². The number of nitrogens with zero attached hydrogens (tertiary/aromatic N) is 1. The Labute approximate surface area is 97.1 Å². The fourth-order valence-electron chi connectivity index (χ4n) is 0.656.